The predicted octanol–water partition coefficient (Wildman–Crippen LogP) is 10.6. The summed E-state index contributed by atoms with van der Waals surface area (Å²) < 4.78 is 1.99. The molecule has 0 N–H and O–H groups in total. The fraction of sp³-hybridized carbons (Fsp3) is 0.0833. The molecule has 0 saturated carbocycles. The molecule has 0 aliphatic heterocycles. The first-order chi connectivity index (χ1) is 14.6. The lowest BCUT2D eigenvalue weighted by Crippen LogP contribution is -1.82. The second kappa shape index (κ2) is 8.73. The summed E-state index contributed by atoms with van der Waals surface area (Å²) in [7, 11) is 0. The van der Waals surface area contributed by atoms with Crippen LogP contribution in [0.15, 0.2) is 70.5 Å². The Balaban J connectivity index is 1.62. The zero-order valence-corrected chi connectivity index (χ0v) is 21.6. The van der Waals surface area contributed by atoms with Crippen LogP contribution < -0.4 is 0 Å². The van der Waals surface area contributed by atoms with Crippen molar-refractivity contribution < 1.29 is 0 Å². The molecule has 0 spiro atoms. The normalized spacial score (nSPS) is 11.3. The molecule has 0 atom stereocenters. The molecule has 4 heterocycles. The predicted molar refractivity (Wildman–Crippen MR) is 142 cm³/mol. The third kappa shape index (κ3) is 4.12. The van der Waals surface area contributed by atoms with Gasteiger partial charge in [0.1, 0.15) is 0 Å². The van der Waals surface area contributed by atoms with Gasteiger partial charge >= 0.3 is 0 Å². The summed E-state index contributed by atoms with van der Waals surface area (Å²) >= 11 is 16.9. The molecular weight excluding hydrogens is 532 g/mol. The highest BCUT2D eigenvalue weighted by Crippen LogP contribution is 2.48. The second-order valence-corrected chi connectivity index (χ2v) is 13.1. The van der Waals surface area contributed by atoms with Gasteiger partial charge in [0.2, 0.25) is 0 Å². The lowest BCUT2D eigenvalue weighted by atomic mass is 10.0. The Bertz CT molecular complexity index is 1320. The smallest absolute Gasteiger partial charge is 0.0935 e. The minimum absolute atomic E-state index is 0.833. The Morgan fingerprint density at radius 2 is 1.47 bits per heavy atom. The van der Waals surface area contributed by atoms with Crippen LogP contribution in [0.25, 0.3) is 40.4 Å². The van der Waals surface area contributed by atoms with Crippen LogP contribution in [0.5, 0.6) is 0 Å². The summed E-state index contributed by atoms with van der Waals surface area (Å²) in [6.45, 7) is 2.21. The van der Waals surface area contributed by atoms with Gasteiger partial charge in [-0.15, -0.1) is 45.3 Å². The van der Waals surface area contributed by atoms with Gasteiger partial charge in [-0.05, 0) is 75.9 Å². The van der Waals surface area contributed by atoms with Crippen molar-refractivity contribution in [3.05, 3.63) is 80.4 Å². The van der Waals surface area contributed by atoms with Gasteiger partial charge in [-0.25, -0.2) is 0 Å². The Kier molecular flexibility index (Phi) is 6.02. The third-order valence-corrected chi connectivity index (χ3v) is 10.5. The number of rotatable bonds is 5. The summed E-state index contributed by atoms with van der Waals surface area (Å²) in [5.74, 6) is 0. The molecule has 0 radical (unpaired) electrons. The maximum absolute atomic E-state index is 6.14. The molecule has 6 heteroatoms. The van der Waals surface area contributed by atoms with E-state index in [1.807, 2.05) is 28.7 Å². The maximum atomic E-state index is 6.14. The van der Waals surface area contributed by atoms with Crippen LogP contribution in [-0.4, -0.2) is 0 Å². The fourth-order valence-corrected chi connectivity index (χ4v) is 8.27. The van der Waals surface area contributed by atoms with Crippen LogP contribution in [0.3, 0.4) is 0 Å². The van der Waals surface area contributed by atoms with Crippen LogP contribution in [0.4, 0.5) is 0 Å². The molecular formula is C24H16BrClS4. The van der Waals surface area contributed by atoms with Gasteiger partial charge in [0.15, 0.2) is 0 Å². The summed E-state index contributed by atoms with van der Waals surface area (Å²) in [6.07, 6.45) is 1.04. The zero-order valence-electron chi connectivity index (χ0n) is 15.9. The van der Waals surface area contributed by atoms with E-state index in [1.54, 1.807) is 22.7 Å². The molecule has 0 bridgehead atoms. The molecule has 5 rings (SSSR count). The van der Waals surface area contributed by atoms with Gasteiger partial charge in [-0.3, -0.25) is 0 Å². The maximum Gasteiger partial charge on any atom is 0.0935 e. The summed E-state index contributed by atoms with van der Waals surface area (Å²) in [4.78, 5) is 7.75. The van der Waals surface area contributed by atoms with Crippen molar-refractivity contribution in [2.75, 3.05) is 0 Å². The Labute approximate surface area is 205 Å². The van der Waals surface area contributed by atoms with Crippen LogP contribution >= 0.6 is 72.9 Å². The highest BCUT2D eigenvalue weighted by atomic mass is 79.9. The van der Waals surface area contributed by atoms with Crippen molar-refractivity contribution in [1.29, 1.82) is 0 Å². The standard InChI is InChI=1S/C24H16BrClS4/c1-2-14-4-3-5-15(12-14)16-13-21(30-24(16)20-8-10-22(25)28-20)19-7-6-17(27-19)18-9-11-23(26)29-18/h3-13H,2H2,1H3. The average Bonchev–Trinajstić information content (AvgIpc) is 3.53. The molecule has 0 aliphatic carbocycles. The fourth-order valence-electron chi connectivity index (χ4n) is 3.35. The first-order valence-electron chi connectivity index (χ1n) is 9.45. The van der Waals surface area contributed by atoms with E-state index in [-0.39, 0.29) is 0 Å². The van der Waals surface area contributed by atoms with E-state index in [4.69, 9.17) is 11.6 Å². The van der Waals surface area contributed by atoms with E-state index in [9.17, 15) is 0 Å². The Hall–Kier alpha value is -1.21. The van der Waals surface area contributed by atoms with E-state index in [0.717, 1.165) is 14.5 Å². The topological polar surface area (TPSA) is 0 Å². The molecule has 30 heavy (non-hydrogen) atoms. The Morgan fingerprint density at radius 1 is 0.733 bits per heavy atom. The van der Waals surface area contributed by atoms with Crippen LogP contribution in [0, 0.1) is 0 Å². The van der Waals surface area contributed by atoms with Gasteiger partial charge in [0.05, 0.1) is 13.0 Å². The summed E-state index contributed by atoms with van der Waals surface area (Å²) in [5.41, 5.74) is 3.97. The van der Waals surface area contributed by atoms with Crippen molar-refractivity contribution in [1.82, 2.24) is 0 Å². The van der Waals surface area contributed by atoms with Gasteiger partial charge in [-0.1, -0.05) is 42.8 Å². The van der Waals surface area contributed by atoms with Crippen molar-refractivity contribution in [2.45, 2.75) is 13.3 Å². The third-order valence-electron chi connectivity index (χ3n) is 4.84. The van der Waals surface area contributed by atoms with Crippen molar-refractivity contribution >= 4 is 72.9 Å². The van der Waals surface area contributed by atoms with Crippen molar-refractivity contribution in [3.63, 3.8) is 0 Å². The van der Waals surface area contributed by atoms with Gasteiger partial charge in [-0.2, -0.15) is 0 Å². The van der Waals surface area contributed by atoms with E-state index in [2.05, 4.69) is 83.5 Å². The first-order valence-corrected chi connectivity index (χ1v) is 13.9. The number of hydrogen-bond donors (Lipinski definition) is 0. The largest absolute Gasteiger partial charge is 0.134 e. The van der Waals surface area contributed by atoms with E-state index in [0.29, 0.717) is 0 Å². The molecule has 0 unspecified atom stereocenters. The number of hydrogen-bond acceptors (Lipinski definition) is 4. The van der Waals surface area contributed by atoms with Crippen LogP contribution in [0.1, 0.15) is 12.5 Å². The van der Waals surface area contributed by atoms with E-state index in [1.165, 1.54) is 46.0 Å². The highest BCUT2D eigenvalue weighted by molar-refractivity contribution is 9.11. The molecule has 5 aromatic rings. The Morgan fingerprint density at radius 3 is 2.17 bits per heavy atom. The molecule has 0 fully saturated rings. The zero-order chi connectivity index (χ0) is 20.7. The number of thiophene rings is 4. The van der Waals surface area contributed by atoms with E-state index >= 15 is 0 Å². The highest BCUT2D eigenvalue weighted by Gasteiger charge is 2.17. The SMILES string of the molecule is CCc1cccc(-c2cc(-c3ccc(-c4ccc(Cl)s4)s3)sc2-c2ccc(Br)s2)c1. The quantitative estimate of drug-likeness (QED) is 0.205. The van der Waals surface area contributed by atoms with Crippen molar-refractivity contribution in [3.8, 4) is 40.4 Å². The lowest BCUT2D eigenvalue weighted by Gasteiger charge is -2.04. The molecule has 0 amide bonds. The summed E-state index contributed by atoms with van der Waals surface area (Å²) in [5, 5.41) is 0. The first kappa shape index (κ1) is 20.7. The van der Waals surface area contributed by atoms with Crippen molar-refractivity contribution in [2.24, 2.45) is 0 Å². The molecule has 0 nitrogen and oxygen atoms in total. The lowest BCUT2D eigenvalue weighted by molar-refractivity contribution is 1.14. The molecule has 150 valence electrons. The monoisotopic (exact) mass is 546 g/mol. The summed E-state index contributed by atoms with van der Waals surface area (Å²) in [6, 6.07) is 24.2. The molecule has 4 aromatic heterocycles. The van der Waals surface area contributed by atoms with Gasteiger partial charge in [0, 0.05) is 29.9 Å². The second-order valence-electron chi connectivity index (χ2n) is 6.78. The average molecular weight is 548 g/mol. The van der Waals surface area contributed by atoms with Crippen LogP contribution in [0.2, 0.25) is 4.34 Å². The van der Waals surface area contributed by atoms with E-state index < -0.39 is 0 Å². The van der Waals surface area contributed by atoms with Gasteiger partial charge in [0.25, 0.3) is 0 Å². The number of benzene rings is 1. The minimum atomic E-state index is 0.833. The van der Waals surface area contributed by atoms with Crippen LogP contribution in [-0.2, 0) is 6.42 Å². The number of aryl methyl sites for hydroxylation is 1. The molecule has 0 aliphatic rings. The minimum Gasteiger partial charge on any atom is -0.134 e. The molecule has 1 aromatic carbocycles. The van der Waals surface area contributed by atoms with Gasteiger partial charge < -0.3 is 0 Å². The number of halogens is 2. The molecule has 0 saturated heterocycles.